The zero-order valence-electron chi connectivity index (χ0n) is 13.6. The number of nitrogens with zero attached hydrogens (tertiary/aromatic N) is 2. The molecule has 1 heterocycles. The van der Waals surface area contributed by atoms with Crippen LogP contribution in [0.15, 0.2) is 54.7 Å². The average molecular weight is 360 g/mol. The van der Waals surface area contributed by atoms with Crippen molar-refractivity contribution in [3.8, 4) is 5.69 Å². The van der Waals surface area contributed by atoms with Crippen molar-refractivity contribution in [2.75, 3.05) is 0 Å². The molecule has 0 spiro atoms. The molecule has 0 aliphatic carbocycles. The van der Waals surface area contributed by atoms with Gasteiger partial charge in [-0.15, -0.1) is 0 Å². The Morgan fingerprint density at radius 1 is 1.12 bits per heavy atom. The summed E-state index contributed by atoms with van der Waals surface area (Å²) in [6.45, 7) is 4.83. The number of aryl methyl sites for hydroxylation is 1. The summed E-state index contributed by atoms with van der Waals surface area (Å²) < 4.78 is 1.91. The Labute approximate surface area is 152 Å². The molecule has 2 aromatic carbocycles. The van der Waals surface area contributed by atoms with Gasteiger partial charge in [0, 0.05) is 34.4 Å². The number of benzene rings is 2. The zero-order valence-corrected chi connectivity index (χ0v) is 15.1. The smallest absolute Gasteiger partial charge is 0.0645 e. The number of hydrogen-bond acceptors (Lipinski definition) is 2. The van der Waals surface area contributed by atoms with Crippen LogP contribution >= 0.6 is 23.2 Å². The van der Waals surface area contributed by atoms with E-state index in [0.29, 0.717) is 10.0 Å². The molecule has 0 bridgehead atoms. The molecule has 1 aromatic heterocycles. The summed E-state index contributed by atoms with van der Waals surface area (Å²) in [4.78, 5) is 0. The fourth-order valence-corrected chi connectivity index (χ4v) is 3.18. The molecule has 3 rings (SSSR count). The summed E-state index contributed by atoms with van der Waals surface area (Å²) in [6, 6.07) is 15.8. The molecule has 0 saturated heterocycles. The molecule has 0 saturated carbocycles. The average Bonchev–Trinajstić information content (AvgIpc) is 2.94. The van der Waals surface area contributed by atoms with Crippen molar-refractivity contribution >= 4 is 23.2 Å². The Hall–Kier alpha value is -1.81. The molecule has 5 heteroatoms. The fraction of sp³-hybridized carbons (Fsp3) is 0.211. The minimum absolute atomic E-state index is 0.120. The van der Waals surface area contributed by atoms with Crippen molar-refractivity contribution in [3.05, 3.63) is 81.6 Å². The molecule has 0 fully saturated rings. The van der Waals surface area contributed by atoms with Gasteiger partial charge in [0.1, 0.15) is 0 Å². The molecule has 1 unspecified atom stereocenters. The van der Waals surface area contributed by atoms with Gasteiger partial charge in [0.25, 0.3) is 0 Å². The maximum Gasteiger partial charge on any atom is 0.0645 e. The van der Waals surface area contributed by atoms with Gasteiger partial charge in [0.2, 0.25) is 0 Å². The number of halogens is 2. The monoisotopic (exact) mass is 359 g/mol. The molecule has 0 amide bonds. The largest absolute Gasteiger partial charge is 0.306 e. The topological polar surface area (TPSA) is 29.9 Å². The third-order valence-electron chi connectivity index (χ3n) is 4.05. The molecule has 1 atom stereocenters. The predicted molar refractivity (Wildman–Crippen MR) is 100 cm³/mol. The van der Waals surface area contributed by atoms with Crippen molar-refractivity contribution in [1.29, 1.82) is 0 Å². The predicted octanol–water partition coefficient (Wildman–Crippen LogP) is 5.34. The fourth-order valence-electron chi connectivity index (χ4n) is 2.61. The summed E-state index contributed by atoms with van der Waals surface area (Å²) in [5.41, 5.74) is 4.27. The number of hydrogen-bond donors (Lipinski definition) is 1. The van der Waals surface area contributed by atoms with E-state index in [9.17, 15) is 0 Å². The van der Waals surface area contributed by atoms with Crippen LogP contribution in [0.1, 0.15) is 29.8 Å². The molecule has 0 aliphatic rings. The van der Waals surface area contributed by atoms with Gasteiger partial charge < -0.3 is 5.32 Å². The third-order valence-corrected chi connectivity index (χ3v) is 4.61. The van der Waals surface area contributed by atoms with E-state index in [1.54, 1.807) is 6.07 Å². The number of para-hydroxylation sites is 1. The minimum atomic E-state index is 0.120. The van der Waals surface area contributed by atoms with Crippen molar-refractivity contribution < 1.29 is 0 Å². The normalized spacial score (nSPS) is 12.3. The van der Waals surface area contributed by atoms with E-state index in [0.717, 1.165) is 29.1 Å². The van der Waals surface area contributed by atoms with Crippen LogP contribution in [0.5, 0.6) is 0 Å². The Bertz CT molecular complexity index is 828. The SMILES string of the molecule is Cc1nn(-c2ccccc2)cc1CNC(C)c1ccc(Cl)cc1Cl. The molecule has 3 aromatic rings. The number of rotatable bonds is 5. The first-order valence-electron chi connectivity index (χ1n) is 7.83. The zero-order chi connectivity index (χ0) is 17.1. The van der Waals surface area contributed by atoms with E-state index < -0.39 is 0 Å². The van der Waals surface area contributed by atoms with Gasteiger partial charge in [-0.3, -0.25) is 0 Å². The van der Waals surface area contributed by atoms with Gasteiger partial charge in [0.15, 0.2) is 0 Å². The van der Waals surface area contributed by atoms with Crippen LogP contribution in [0.25, 0.3) is 5.69 Å². The molecule has 1 N–H and O–H groups in total. The van der Waals surface area contributed by atoms with Crippen LogP contribution in [0.2, 0.25) is 10.0 Å². The van der Waals surface area contributed by atoms with Crippen LogP contribution < -0.4 is 5.32 Å². The maximum atomic E-state index is 6.28. The lowest BCUT2D eigenvalue weighted by Gasteiger charge is -2.15. The Morgan fingerprint density at radius 2 is 1.88 bits per heavy atom. The highest BCUT2D eigenvalue weighted by molar-refractivity contribution is 6.35. The molecule has 124 valence electrons. The van der Waals surface area contributed by atoms with Gasteiger partial charge >= 0.3 is 0 Å². The quantitative estimate of drug-likeness (QED) is 0.666. The second-order valence-corrected chi connectivity index (χ2v) is 6.63. The summed E-state index contributed by atoms with van der Waals surface area (Å²) >= 11 is 12.2. The van der Waals surface area contributed by atoms with E-state index in [4.69, 9.17) is 23.2 Å². The second-order valence-electron chi connectivity index (χ2n) is 5.79. The molecule has 3 nitrogen and oxygen atoms in total. The Kier molecular flexibility index (Phi) is 5.24. The molecule has 0 aliphatic heterocycles. The first-order valence-corrected chi connectivity index (χ1v) is 8.59. The van der Waals surface area contributed by atoms with Crippen LogP contribution in [-0.4, -0.2) is 9.78 Å². The van der Waals surface area contributed by atoms with Gasteiger partial charge in [0.05, 0.1) is 11.4 Å². The Morgan fingerprint density at radius 3 is 2.58 bits per heavy atom. The van der Waals surface area contributed by atoms with E-state index >= 15 is 0 Å². The highest BCUT2D eigenvalue weighted by Crippen LogP contribution is 2.26. The summed E-state index contributed by atoms with van der Waals surface area (Å²) in [6.07, 6.45) is 2.06. The lowest BCUT2D eigenvalue weighted by molar-refractivity contribution is 0.573. The number of aromatic nitrogens is 2. The summed E-state index contributed by atoms with van der Waals surface area (Å²) in [7, 11) is 0. The first-order chi connectivity index (χ1) is 11.5. The molecular weight excluding hydrogens is 341 g/mol. The molecular formula is C19H19Cl2N3. The van der Waals surface area contributed by atoms with Crippen LogP contribution in [0.3, 0.4) is 0 Å². The molecule has 24 heavy (non-hydrogen) atoms. The highest BCUT2D eigenvalue weighted by Gasteiger charge is 2.12. The van der Waals surface area contributed by atoms with Crippen LogP contribution in [0, 0.1) is 6.92 Å². The van der Waals surface area contributed by atoms with E-state index in [2.05, 4.69) is 23.5 Å². The van der Waals surface area contributed by atoms with Gasteiger partial charge in [-0.05, 0) is 43.7 Å². The maximum absolute atomic E-state index is 6.28. The third kappa shape index (κ3) is 3.81. The second kappa shape index (κ2) is 7.39. The van der Waals surface area contributed by atoms with Gasteiger partial charge in [-0.1, -0.05) is 47.5 Å². The van der Waals surface area contributed by atoms with Crippen LogP contribution in [0.4, 0.5) is 0 Å². The lowest BCUT2D eigenvalue weighted by Crippen LogP contribution is -2.18. The Balaban J connectivity index is 1.72. The summed E-state index contributed by atoms with van der Waals surface area (Å²) in [5, 5.41) is 9.42. The van der Waals surface area contributed by atoms with Crippen LogP contribution in [-0.2, 0) is 6.54 Å². The first kappa shape index (κ1) is 17.0. The minimum Gasteiger partial charge on any atom is -0.306 e. The highest BCUT2D eigenvalue weighted by atomic mass is 35.5. The van der Waals surface area contributed by atoms with Crippen molar-refractivity contribution in [1.82, 2.24) is 15.1 Å². The number of nitrogens with one attached hydrogen (secondary N) is 1. The standard InChI is InChI=1S/C19H19Cl2N3/c1-13-15(12-24(23-13)17-6-4-3-5-7-17)11-22-14(2)18-9-8-16(20)10-19(18)21/h3-10,12,14,22H,11H2,1-2H3. The van der Waals surface area contributed by atoms with E-state index in [-0.39, 0.29) is 6.04 Å². The summed E-state index contributed by atoms with van der Waals surface area (Å²) in [5.74, 6) is 0. The molecule has 0 radical (unpaired) electrons. The van der Waals surface area contributed by atoms with Crippen molar-refractivity contribution in [2.24, 2.45) is 0 Å². The lowest BCUT2D eigenvalue weighted by atomic mass is 10.1. The van der Waals surface area contributed by atoms with E-state index in [1.807, 2.05) is 54.1 Å². The van der Waals surface area contributed by atoms with Gasteiger partial charge in [-0.2, -0.15) is 5.10 Å². The van der Waals surface area contributed by atoms with Crippen molar-refractivity contribution in [3.63, 3.8) is 0 Å². The van der Waals surface area contributed by atoms with Gasteiger partial charge in [-0.25, -0.2) is 4.68 Å². The van der Waals surface area contributed by atoms with Crippen molar-refractivity contribution in [2.45, 2.75) is 26.4 Å². The van der Waals surface area contributed by atoms with E-state index in [1.165, 1.54) is 0 Å².